The molecule has 0 spiro atoms. The minimum Gasteiger partial charge on any atom is -0.387 e. The molecule has 2 atom stereocenters. The standard InChI is InChI=1S/C14H15NO2/c1-2-11-8-14(17)15(9-11)10-13(16)12-6-4-3-5-7-12/h1,3-7,11,13,16H,8-10H2. The maximum atomic E-state index is 11.6. The lowest BCUT2D eigenvalue weighted by atomic mass is 10.1. The Labute approximate surface area is 101 Å². The maximum Gasteiger partial charge on any atom is 0.224 e. The summed E-state index contributed by atoms with van der Waals surface area (Å²) in [5.41, 5.74) is 0.824. The van der Waals surface area contributed by atoms with Gasteiger partial charge in [-0.25, -0.2) is 0 Å². The Bertz CT molecular complexity index is 435. The first-order valence-electron chi connectivity index (χ1n) is 5.67. The summed E-state index contributed by atoms with van der Waals surface area (Å²) in [6.45, 7) is 0.875. The number of carbonyl (C=O) groups excluding carboxylic acids is 1. The number of carbonyl (C=O) groups is 1. The third-order valence-electron chi connectivity index (χ3n) is 3.03. The molecular weight excluding hydrogens is 214 g/mol. The number of aliphatic hydroxyl groups is 1. The number of hydrogen-bond acceptors (Lipinski definition) is 2. The molecule has 2 rings (SSSR count). The molecule has 88 valence electrons. The van der Waals surface area contributed by atoms with E-state index in [1.807, 2.05) is 30.3 Å². The summed E-state index contributed by atoms with van der Waals surface area (Å²) in [4.78, 5) is 13.3. The largest absolute Gasteiger partial charge is 0.387 e. The van der Waals surface area contributed by atoms with Gasteiger partial charge in [-0.05, 0) is 5.56 Å². The molecule has 0 bridgehead atoms. The number of amides is 1. The van der Waals surface area contributed by atoms with Crippen molar-refractivity contribution in [3.05, 3.63) is 35.9 Å². The lowest BCUT2D eigenvalue weighted by molar-refractivity contribution is -0.128. The van der Waals surface area contributed by atoms with Crippen molar-refractivity contribution in [1.29, 1.82) is 0 Å². The van der Waals surface area contributed by atoms with Crippen LogP contribution in [0.2, 0.25) is 0 Å². The third kappa shape index (κ3) is 2.66. The molecule has 2 unspecified atom stereocenters. The molecule has 1 aromatic carbocycles. The second-order valence-electron chi connectivity index (χ2n) is 4.29. The van der Waals surface area contributed by atoms with Crippen LogP contribution in [0.15, 0.2) is 30.3 Å². The van der Waals surface area contributed by atoms with Gasteiger partial charge in [-0.1, -0.05) is 30.3 Å². The van der Waals surface area contributed by atoms with Gasteiger partial charge in [0.05, 0.1) is 12.6 Å². The fourth-order valence-electron chi connectivity index (χ4n) is 2.05. The molecule has 0 aromatic heterocycles. The molecule has 1 fully saturated rings. The number of rotatable bonds is 3. The smallest absolute Gasteiger partial charge is 0.224 e. The van der Waals surface area contributed by atoms with E-state index in [4.69, 9.17) is 6.42 Å². The van der Waals surface area contributed by atoms with Gasteiger partial charge in [0.1, 0.15) is 0 Å². The molecule has 17 heavy (non-hydrogen) atoms. The van der Waals surface area contributed by atoms with Gasteiger partial charge in [-0.3, -0.25) is 4.79 Å². The molecule has 1 aliphatic heterocycles. The number of aliphatic hydroxyl groups excluding tert-OH is 1. The van der Waals surface area contributed by atoms with E-state index in [1.54, 1.807) is 4.90 Å². The molecule has 0 saturated carbocycles. The number of β-amino-alcohol motifs (C(OH)–C–C–N with tert-alkyl or cyclic N) is 1. The number of benzene rings is 1. The first-order chi connectivity index (χ1) is 8.20. The second kappa shape index (κ2) is 5.03. The van der Waals surface area contributed by atoms with Gasteiger partial charge in [0.15, 0.2) is 0 Å². The highest BCUT2D eigenvalue weighted by molar-refractivity contribution is 5.79. The van der Waals surface area contributed by atoms with Crippen LogP contribution in [-0.4, -0.2) is 29.0 Å². The Morgan fingerprint density at radius 1 is 1.47 bits per heavy atom. The summed E-state index contributed by atoms with van der Waals surface area (Å²) in [7, 11) is 0. The Kier molecular flexibility index (Phi) is 3.46. The van der Waals surface area contributed by atoms with E-state index in [9.17, 15) is 9.90 Å². The van der Waals surface area contributed by atoms with E-state index in [1.165, 1.54) is 0 Å². The van der Waals surface area contributed by atoms with Crippen LogP contribution in [0.3, 0.4) is 0 Å². The van der Waals surface area contributed by atoms with Gasteiger partial charge < -0.3 is 10.0 Å². The van der Waals surface area contributed by atoms with E-state index in [-0.39, 0.29) is 11.8 Å². The zero-order chi connectivity index (χ0) is 12.3. The van der Waals surface area contributed by atoms with Gasteiger partial charge in [0.2, 0.25) is 5.91 Å². The fraction of sp³-hybridized carbons (Fsp3) is 0.357. The van der Waals surface area contributed by atoms with Crippen LogP contribution in [0.25, 0.3) is 0 Å². The van der Waals surface area contributed by atoms with Crippen molar-refractivity contribution < 1.29 is 9.90 Å². The van der Waals surface area contributed by atoms with E-state index < -0.39 is 6.10 Å². The van der Waals surface area contributed by atoms with Crippen molar-refractivity contribution in [1.82, 2.24) is 4.90 Å². The highest BCUT2D eigenvalue weighted by Crippen LogP contribution is 2.21. The summed E-state index contributed by atoms with van der Waals surface area (Å²) >= 11 is 0. The third-order valence-corrected chi connectivity index (χ3v) is 3.03. The molecule has 0 aliphatic carbocycles. The first-order valence-corrected chi connectivity index (χ1v) is 5.67. The van der Waals surface area contributed by atoms with E-state index in [0.717, 1.165) is 5.56 Å². The van der Waals surface area contributed by atoms with Gasteiger partial charge in [-0.15, -0.1) is 12.3 Å². The van der Waals surface area contributed by atoms with Gasteiger partial charge in [0.25, 0.3) is 0 Å². The number of hydrogen-bond donors (Lipinski definition) is 1. The topological polar surface area (TPSA) is 40.5 Å². The molecule has 1 N–H and O–H groups in total. The predicted octanol–water partition coefficient (Wildman–Crippen LogP) is 1.20. The minimum absolute atomic E-state index is 0.00882. The van der Waals surface area contributed by atoms with Crippen molar-refractivity contribution in [2.75, 3.05) is 13.1 Å². The van der Waals surface area contributed by atoms with Gasteiger partial charge in [-0.2, -0.15) is 0 Å². The van der Waals surface area contributed by atoms with Crippen LogP contribution in [0.5, 0.6) is 0 Å². The molecule has 1 saturated heterocycles. The maximum absolute atomic E-state index is 11.6. The zero-order valence-corrected chi connectivity index (χ0v) is 9.54. The predicted molar refractivity (Wildman–Crippen MR) is 64.9 cm³/mol. The zero-order valence-electron chi connectivity index (χ0n) is 9.54. The number of likely N-dealkylation sites (tertiary alicyclic amines) is 1. The number of nitrogens with zero attached hydrogens (tertiary/aromatic N) is 1. The Morgan fingerprint density at radius 2 is 2.18 bits per heavy atom. The van der Waals surface area contributed by atoms with Crippen LogP contribution in [0.4, 0.5) is 0 Å². The van der Waals surface area contributed by atoms with Crippen molar-refractivity contribution in [2.45, 2.75) is 12.5 Å². The van der Waals surface area contributed by atoms with Crippen LogP contribution < -0.4 is 0 Å². The van der Waals surface area contributed by atoms with Crippen LogP contribution in [0.1, 0.15) is 18.1 Å². The normalized spacial score (nSPS) is 21.3. The quantitative estimate of drug-likeness (QED) is 0.791. The summed E-state index contributed by atoms with van der Waals surface area (Å²) in [5.74, 6) is 2.61. The van der Waals surface area contributed by atoms with Crippen LogP contribution in [0, 0.1) is 18.3 Å². The summed E-state index contributed by atoms with van der Waals surface area (Å²) < 4.78 is 0. The SMILES string of the molecule is C#CC1CC(=O)N(CC(O)c2ccccc2)C1. The summed E-state index contributed by atoms with van der Waals surface area (Å²) in [6, 6.07) is 9.34. The van der Waals surface area contributed by atoms with E-state index >= 15 is 0 Å². The molecule has 3 nitrogen and oxygen atoms in total. The molecule has 1 aromatic rings. The van der Waals surface area contributed by atoms with Gasteiger partial charge in [0, 0.05) is 18.9 Å². The van der Waals surface area contributed by atoms with E-state index in [0.29, 0.717) is 19.5 Å². The molecular formula is C14H15NO2. The molecule has 1 heterocycles. The average molecular weight is 229 g/mol. The van der Waals surface area contributed by atoms with Crippen molar-refractivity contribution >= 4 is 5.91 Å². The monoisotopic (exact) mass is 229 g/mol. The highest BCUT2D eigenvalue weighted by Gasteiger charge is 2.29. The van der Waals surface area contributed by atoms with Crippen molar-refractivity contribution in [2.24, 2.45) is 5.92 Å². The molecule has 0 radical (unpaired) electrons. The van der Waals surface area contributed by atoms with Gasteiger partial charge >= 0.3 is 0 Å². The van der Waals surface area contributed by atoms with Crippen LogP contribution >= 0.6 is 0 Å². The molecule has 1 amide bonds. The summed E-state index contributed by atoms with van der Waals surface area (Å²) in [6.07, 6.45) is 5.07. The molecule has 1 aliphatic rings. The lowest BCUT2D eigenvalue weighted by Gasteiger charge is -2.20. The fourth-order valence-corrected chi connectivity index (χ4v) is 2.05. The Hall–Kier alpha value is -1.79. The van der Waals surface area contributed by atoms with Crippen LogP contribution in [-0.2, 0) is 4.79 Å². The lowest BCUT2D eigenvalue weighted by Crippen LogP contribution is -2.30. The first kappa shape index (κ1) is 11.7. The average Bonchev–Trinajstić information content (AvgIpc) is 2.71. The Morgan fingerprint density at radius 3 is 2.76 bits per heavy atom. The minimum atomic E-state index is -0.642. The van der Waals surface area contributed by atoms with Crippen molar-refractivity contribution in [3.63, 3.8) is 0 Å². The Balaban J connectivity index is 1.98. The summed E-state index contributed by atoms with van der Waals surface area (Å²) in [5, 5.41) is 10.0. The van der Waals surface area contributed by atoms with E-state index in [2.05, 4.69) is 5.92 Å². The molecule has 3 heteroatoms. The van der Waals surface area contributed by atoms with Crippen molar-refractivity contribution in [3.8, 4) is 12.3 Å². The second-order valence-corrected chi connectivity index (χ2v) is 4.29. The highest BCUT2D eigenvalue weighted by atomic mass is 16.3. The number of terminal acetylenes is 1.